The molecule has 0 radical (unpaired) electrons. The maximum Gasteiger partial charge on any atom is 0.168 e. The number of nitrogens with zero attached hydrogens (tertiary/aromatic N) is 3. The maximum atomic E-state index is 4.24. The average molecular weight is 160 g/mol. The van der Waals surface area contributed by atoms with E-state index in [1.165, 1.54) is 0 Å². The molecule has 4 heteroatoms. The van der Waals surface area contributed by atoms with Crippen molar-refractivity contribution in [2.75, 3.05) is 0 Å². The van der Waals surface area contributed by atoms with E-state index in [-0.39, 0.29) is 6.17 Å². The minimum atomic E-state index is 0.222. The number of rotatable bonds is 0. The monoisotopic (exact) mass is 160 g/mol. The summed E-state index contributed by atoms with van der Waals surface area (Å²) in [5, 5.41) is 3.12. The van der Waals surface area contributed by atoms with Gasteiger partial charge in [0.25, 0.3) is 0 Å². The highest BCUT2D eigenvalue weighted by molar-refractivity contribution is 5.90. The van der Waals surface area contributed by atoms with E-state index in [4.69, 9.17) is 0 Å². The molecule has 0 aliphatic carbocycles. The Labute approximate surface area is 70.2 Å². The Morgan fingerprint density at radius 1 is 1.17 bits per heavy atom. The predicted molar refractivity (Wildman–Crippen MR) is 45.5 cm³/mol. The molecular weight excluding hydrogens is 152 g/mol. The molecule has 0 aromatic heterocycles. The van der Waals surface area contributed by atoms with E-state index in [0.717, 1.165) is 5.84 Å². The van der Waals surface area contributed by atoms with Crippen LogP contribution in [0.2, 0.25) is 0 Å². The van der Waals surface area contributed by atoms with Gasteiger partial charge in [-0.25, -0.2) is 4.99 Å². The molecule has 1 unspecified atom stereocenters. The van der Waals surface area contributed by atoms with Crippen LogP contribution in [-0.2, 0) is 0 Å². The van der Waals surface area contributed by atoms with Crippen LogP contribution < -0.4 is 5.32 Å². The second kappa shape index (κ2) is 1.91. The van der Waals surface area contributed by atoms with Crippen LogP contribution >= 0.6 is 0 Å². The Hall–Kier alpha value is -1.71. The molecule has 1 N–H and O–H groups in total. The van der Waals surface area contributed by atoms with E-state index in [0.29, 0.717) is 0 Å². The third-order valence-electron chi connectivity index (χ3n) is 2.15. The van der Waals surface area contributed by atoms with Gasteiger partial charge in [-0.1, -0.05) is 0 Å². The molecule has 3 heterocycles. The second-order valence-electron chi connectivity index (χ2n) is 2.84. The van der Waals surface area contributed by atoms with Gasteiger partial charge >= 0.3 is 0 Å². The van der Waals surface area contributed by atoms with Crippen LogP contribution in [0.15, 0.2) is 42.2 Å². The van der Waals surface area contributed by atoms with E-state index < -0.39 is 0 Å². The summed E-state index contributed by atoms with van der Waals surface area (Å²) in [6, 6.07) is 0. The second-order valence-corrected chi connectivity index (χ2v) is 2.84. The van der Waals surface area contributed by atoms with Crippen LogP contribution in [-0.4, -0.2) is 21.8 Å². The summed E-state index contributed by atoms with van der Waals surface area (Å²) < 4.78 is 0. The summed E-state index contributed by atoms with van der Waals surface area (Å²) in [4.78, 5) is 8.46. The Kier molecular flexibility index (Phi) is 0.935. The lowest BCUT2D eigenvalue weighted by Crippen LogP contribution is -2.49. The third kappa shape index (κ3) is 0.592. The van der Waals surface area contributed by atoms with Crippen LogP contribution in [0.1, 0.15) is 0 Å². The van der Waals surface area contributed by atoms with Crippen molar-refractivity contribution in [3.63, 3.8) is 0 Å². The van der Waals surface area contributed by atoms with E-state index in [9.17, 15) is 0 Å². The van der Waals surface area contributed by atoms with Gasteiger partial charge in [0.1, 0.15) is 0 Å². The molecule has 4 nitrogen and oxygen atoms in total. The van der Waals surface area contributed by atoms with Gasteiger partial charge in [-0.05, 0) is 0 Å². The molecule has 0 amide bonds. The summed E-state index contributed by atoms with van der Waals surface area (Å²) in [6.45, 7) is 0. The standard InChI is InChI=1S/C8H8N4/c1-3-11-5-6-12-4-2-10-7(9-1)8(11)12/h1-6,8H,(H,9,10). The fourth-order valence-corrected chi connectivity index (χ4v) is 1.59. The third-order valence-corrected chi connectivity index (χ3v) is 2.15. The minimum Gasteiger partial charge on any atom is -0.345 e. The number of hydrogen-bond donors (Lipinski definition) is 1. The van der Waals surface area contributed by atoms with E-state index in [1.54, 1.807) is 6.20 Å². The first-order valence-corrected chi connectivity index (χ1v) is 3.86. The Morgan fingerprint density at radius 3 is 2.92 bits per heavy atom. The smallest absolute Gasteiger partial charge is 0.168 e. The summed E-state index contributed by atoms with van der Waals surface area (Å²) in [7, 11) is 0. The summed E-state index contributed by atoms with van der Waals surface area (Å²) >= 11 is 0. The van der Waals surface area contributed by atoms with Gasteiger partial charge in [-0.3, -0.25) is 0 Å². The molecule has 3 aliphatic heterocycles. The summed E-state index contributed by atoms with van der Waals surface area (Å²) in [5.41, 5.74) is 0. The zero-order valence-electron chi connectivity index (χ0n) is 6.38. The number of nitrogens with one attached hydrogen (secondary N) is 1. The number of hydrogen-bond acceptors (Lipinski definition) is 4. The molecule has 60 valence electrons. The molecule has 12 heavy (non-hydrogen) atoms. The van der Waals surface area contributed by atoms with Gasteiger partial charge in [0.2, 0.25) is 0 Å². The molecule has 0 spiro atoms. The molecule has 3 aliphatic rings. The average Bonchev–Trinajstić information content (AvgIpc) is 2.52. The van der Waals surface area contributed by atoms with E-state index in [1.807, 2.05) is 31.0 Å². The minimum absolute atomic E-state index is 0.222. The van der Waals surface area contributed by atoms with Crippen molar-refractivity contribution in [1.82, 2.24) is 15.1 Å². The van der Waals surface area contributed by atoms with E-state index >= 15 is 0 Å². The van der Waals surface area contributed by atoms with Crippen molar-refractivity contribution in [3.8, 4) is 0 Å². The molecule has 0 aromatic carbocycles. The molecule has 0 saturated carbocycles. The lowest BCUT2D eigenvalue weighted by molar-refractivity contribution is 0.308. The molecule has 3 rings (SSSR count). The van der Waals surface area contributed by atoms with Crippen molar-refractivity contribution >= 4 is 5.84 Å². The lowest BCUT2D eigenvalue weighted by atomic mass is 10.3. The van der Waals surface area contributed by atoms with Gasteiger partial charge < -0.3 is 15.1 Å². The number of amidine groups is 1. The highest BCUT2D eigenvalue weighted by atomic mass is 15.4. The van der Waals surface area contributed by atoms with Crippen LogP contribution in [0.5, 0.6) is 0 Å². The molecule has 0 aromatic rings. The topological polar surface area (TPSA) is 30.9 Å². The molecular formula is C8H8N4. The highest BCUT2D eigenvalue weighted by Crippen LogP contribution is 2.22. The van der Waals surface area contributed by atoms with Gasteiger partial charge in [-0.2, -0.15) is 0 Å². The van der Waals surface area contributed by atoms with Gasteiger partial charge in [0.05, 0.1) is 0 Å². The van der Waals surface area contributed by atoms with Gasteiger partial charge in [0, 0.05) is 37.2 Å². The summed E-state index contributed by atoms with van der Waals surface area (Å²) in [6.07, 6.45) is 11.9. The van der Waals surface area contributed by atoms with Crippen LogP contribution in [0, 0.1) is 0 Å². The van der Waals surface area contributed by atoms with E-state index in [2.05, 4.69) is 20.1 Å². The Morgan fingerprint density at radius 2 is 2.00 bits per heavy atom. The normalized spacial score (nSPS) is 28.7. The largest absolute Gasteiger partial charge is 0.345 e. The quantitative estimate of drug-likeness (QED) is 0.555. The van der Waals surface area contributed by atoms with Gasteiger partial charge in [-0.15, -0.1) is 0 Å². The molecule has 0 fully saturated rings. The fraction of sp³-hybridized carbons (Fsp3) is 0.125. The zero-order valence-corrected chi connectivity index (χ0v) is 6.38. The van der Waals surface area contributed by atoms with Crippen molar-refractivity contribution < 1.29 is 0 Å². The summed E-state index contributed by atoms with van der Waals surface area (Å²) in [5.74, 6) is 0.977. The first-order chi connectivity index (χ1) is 5.95. The van der Waals surface area contributed by atoms with Gasteiger partial charge in [0.15, 0.2) is 12.0 Å². The SMILES string of the molecule is C1=CN2C=CN3C=CNC(=N1)C23. The maximum absolute atomic E-state index is 4.24. The molecule has 0 saturated heterocycles. The van der Waals surface area contributed by atoms with Crippen molar-refractivity contribution in [1.29, 1.82) is 0 Å². The first-order valence-electron chi connectivity index (χ1n) is 3.86. The van der Waals surface area contributed by atoms with Crippen LogP contribution in [0.4, 0.5) is 0 Å². The predicted octanol–water partition coefficient (Wildman–Crippen LogP) is 0.359. The van der Waals surface area contributed by atoms with Crippen LogP contribution in [0.3, 0.4) is 0 Å². The van der Waals surface area contributed by atoms with Crippen molar-refractivity contribution in [2.45, 2.75) is 6.17 Å². The fourth-order valence-electron chi connectivity index (χ4n) is 1.59. The van der Waals surface area contributed by atoms with Crippen molar-refractivity contribution in [2.24, 2.45) is 4.99 Å². The Bertz CT molecular complexity index is 326. The number of aliphatic imine (C=N–C) groups is 1. The lowest BCUT2D eigenvalue weighted by Gasteiger charge is -2.33. The Balaban J connectivity index is 2.11. The highest BCUT2D eigenvalue weighted by Gasteiger charge is 2.31. The first kappa shape index (κ1) is 5.88. The molecule has 0 bridgehead atoms. The van der Waals surface area contributed by atoms with Crippen molar-refractivity contribution in [3.05, 3.63) is 37.2 Å². The zero-order chi connectivity index (χ0) is 7.97. The molecule has 1 atom stereocenters. The van der Waals surface area contributed by atoms with Crippen LogP contribution in [0.25, 0.3) is 0 Å².